The van der Waals surface area contributed by atoms with E-state index in [1.54, 1.807) is 12.1 Å². The molecule has 0 saturated carbocycles. The molecule has 0 aliphatic heterocycles. The van der Waals surface area contributed by atoms with Gasteiger partial charge >= 0.3 is 0 Å². The molecule has 1 amide bonds. The first-order chi connectivity index (χ1) is 9.63. The van der Waals surface area contributed by atoms with Gasteiger partial charge in [-0.25, -0.2) is 0 Å². The average molecular weight is 298 g/mol. The van der Waals surface area contributed by atoms with E-state index in [-0.39, 0.29) is 12.5 Å². The maximum Gasteiger partial charge on any atom is 0.257 e. The standard InChI is InChI=1S/C16H24ClNO2/c1-3-4-5-6-7-10-18-16(19)12-20-15-9-8-14(17)11-13(15)2/h8-9,11H,3-7,10,12H2,1-2H3,(H,18,19). The van der Waals surface area contributed by atoms with Gasteiger partial charge in [0.25, 0.3) is 5.91 Å². The molecule has 0 atom stereocenters. The number of hydrogen-bond acceptors (Lipinski definition) is 2. The van der Waals surface area contributed by atoms with Crippen molar-refractivity contribution in [2.75, 3.05) is 13.2 Å². The molecule has 1 aromatic rings. The molecule has 112 valence electrons. The molecule has 4 heteroatoms. The van der Waals surface area contributed by atoms with Gasteiger partial charge in [-0.3, -0.25) is 4.79 Å². The summed E-state index contributed by atoms with van der Waals surface area (Å²) in [6.07, 6.45) is 5.96. The van der Waals surface area contributed by atoms with Crippen molar-refractivity contribution in [3.63, 3.8) is 0 Å². The number of rotatable bonds is 9. The molecule has 0 radical (unpaired) electrons. The van der Waals surface area contributed by atoms with E-state index in [1.165, 1.54) is 25.7 Å². The molecule has 0 spiro atoms. The topological polar surface area (TPSA) is 38.3 Å². The van der Waals surface area contributed by atoms with E-state index < -0.39 is 0 Å². The third-order valence-electron chi connectivity index (χ3n) is 3.10. The number of carbonyl (C=O) groups excluding carboxylic acids is 1. The molecule has 3 nitrogen and oxygen atoms in total. The van der Waals surface area contributed by atoms with Gasteiger partial charge in [-0.1, -0.05) is 44.2 Å². The highest BCUT2D eigenvalue weighted by molar-refractivity contribution is 6.30. The first-order valence-electron chi connectivity index (χ1n) is 7.29. The van der Waals surface area contributed by atoms with Crippen LogP contribution in [0.2, 0.25) is 5.02 Å². The number of hydrogen-bond donors (Lipinski definition) is 1. The fraction of sp³-hybridized carbons (Fsp3) is 0.562. The lowest BCUT2D eigenvalue weighted by Crippen LogP contribution is -2.29. The minimum Gasteiger partial charge on any atom is -0.484 e. The van der Waals surface area contributed by atoms with Gasteiger partial charge in [-0.05, 0) is 37.1 Å². The zero-order valence-electron chi connectivity index (χ0n) is 12.4. The van der Waals surface area contributed by atoms with Crippen molar-refractivity contribution in [1.82, 2.24) is 5.32 Å². The lowest BCUT2D eigenvalue weighted by molar-refractivity contribution is -0.123. The number of benzene rings is 1. The molecule has 0 fully saturated rings. The number of ether oxygens (including phenoxy) is 1. The van der Waals surface area contributed by atoms with Crippen LogP contribution in [0.25, 0.3) is 0 Å². The summed E-state index contributed by atoms with van der Waals surface area (Å²) >= 11 is 5.87. The average Bonchev–Trinajstić information content (AvgIpc) is 2.41. The summed E-state index contributed by atoms with van der Waals surface area (Å²) in [6, 6.07) is 5.37. The van der Waals surface area contributed by atoms with Crippen LogP contribution < -0.4 is 10.1 Å². The summed E-state index contributed by atoms with van der Waals surface area (Å²) in [5, 5.41) is 3.54. The molecule has 1 rings (SSSR count). The van der Waals surface area contributed by atoms with Crippen molar-refractivity contribution < 1.29 is 9.53 Å². The van der Waals surface area contributed by atoms with E-state index in [0.717, 1.165) is 18.5 Å². The fourth-order valence-electron chi connectivity index (χ4n) is 1.93. The van der Waals surface area contributed by atoms with Gasteiger partial charge in [0.05, 0.1) is 0 Å². The smallest absolute Gasteiger partial charge is 0.257 e. The first kappa shape index (κ1) is 16.8. The predicted molar refractivity (Wildman–Crippen MR) is 83.5 cm³/mol. The van der Waals surface area contributed by atoms with Gasteiger partial charge in [-0.15, -0.1) is 0 Å². The van der Waals surface area contributed by atoms with Crippen LogP contribution in [0.15, 0.2) is 18.2 Å². The SMILES string of the molecule is CCCCCCCNC(=O)COc1ccc(Cl)cc1C. The third kappa shape index (κ3) is 6.80. The van der Waals surface area contributed by atoms with E-state index in [9.17, 15) is 4.79 Å². The Morgan fingerprint density at radius 1 is 1.25 bits per heavy atom. The van der Waals surface area contributed by atoms with E-state index in [4.69, 9.17) is 16.3 Å². The predicted octanol–water partition coefficient (Wildman–Crippen LogP) is 4.11. The van der Waals surface area contributed by atoms with Crippen LogP contribution in [0.1, 0.15) is 44.6 Å². The van der Waals surface area contributed by atoms with Gasteiger partial charge in [0.1, 0.15) is 5.75 Å². The van der Waals surface area contributed by atoms with Crippen LogP contribution in [0, 0.1) is 6.92 Å². The molecule has 1 N–H and O–H groups in total. The van der Waals surface area contributed by atoms with Crippen molar-refractivity contribution in [2.45, 2.75) is 46.0 Å². The van der Waals surface area contributed by atoms with E-state index in [0.29, 0.717) is 10.8 Å². The van der Waals surface area contributed by atoms with Gasteiger partial charge in [0.2, 0.25) is 0 Å². The summed E-state index contributed by atoms with van der Waals surface area (Å²) < 4.78 is 5.48. The lowest BCUT2D eigenvalue weighted by Gasteiger charge is -2.09. The minimum atomic E-state index is -0.0742. The molecule has 0 heterocycles. The summed E-state index contributed by atoms with van der Waals surface area (Å²) in [6.45, 7) is 4.88. The van der Waals surface area contributed by atoms with Crippen molar-refractivity contribution in [3.8, 4) is 5.75 Å². The molecule has 0 aliphatic carbocycles. The Balaban J connectivity index is 2.16. The molecular weight excluding hydrogens is 274 g/mol. The first-order valence-corrected chi connectivity index (χ1v) is 7.67. The number of halogens is 1. The van der Waals surface area contributed by atoms with Crippen molar-refractivity contribution in [2.24, 2.45) is 0 Å². The maximum absolute atomic E-state index is 11.6. The Morgan fingerprint density at radius 3 is 2.70 bits per heavy atom. The number of carbonyl (C=O) groups is 1. The van der Waals surface area contributed by atoms with Gasteiger partial charge < -0.3 is 10.1 Å². The van der Waals surface area contributed by atoms with E-state index >= 15 is 0 Å². The zero-order valence-corrected chi connectivity index (χ0v) is 13.1. The molecule has 0 aliphatic rings. The summed E-state index contributed by atoms with van der Waals surface area (Å²) in [5.74, 6) is 0.627. The van der Waals surface area contributed by atoms with Crippen molar-refractivity contribution in [3.05, 3.63) is 28.8 Å². The molecule has 0 bridgehead atoms. The van der Waals surface area contributed by atoms with Gasteiger partial charge in [0, 0.05) is 11.6 Å². The molecule has 0 aromatic heterocycles. The number of unbranched alkanes of at least 4 members (excludes halogenated alkanes) is 4. The Labute approximate surface area is 126 Å². The quantitative estimate of drug-likeness (QED) is 0.697. The number of amides is 1. The van der Waals surface area contributed by atoms with Crippen LogP contribution in [-0.4, -0.2) is 19.1 Å². The number of nitrogens with one attached hydrogen (secondary N) is 1. The molecular formula is C16H24ClNO2. The van der Waals surface area contributed by atoms with E-state index in [1.807, 2.05) is 13.0 Å². The molecule has 20 heavy (non-hydrogen) atoms. The van der Waals surface area contributed by atoms with Crippen LogP contribution in [0.3, 0.4) is 0 Å². The highest BCUT2D eigenvalue weighted by Crippen LogP contribution is 2.21. The second-order valence-electron chi connectivity index (χ2n) is 4.96. The summed E-state index contributed by atoms with van der Waals surface area (Å²) in [4.78, 5) is 11.6. The normalized spacial score (nSPS) is 10.3. The summed E-state index contributed by atoms with van der Waals surface area (Å²) in [5.41, 5.74) is 0.935. The Hall–Kier alpha value is -1.22. The molecule has 0 unspecified atom stereocenters. The van der Waals surface area contributed by atoms with Crippen molar-refractivity contribution >= 4 is 17.5 Å². The second kappa shape index (κ2) is 9.65. The van der Waals surface area contributed by atoms with Gasteiger partial charge in [0.15, 0.2) is 6.61 Å². The van der Waals surface area contributed by atoms with Crippen LogP contribution in [-0.2, 0) is 4.79 Å². The van der Waals surface area contributed by atoms with Crippen LogP contribution >= 0.6 is 11.6 Å². The fourth-order valence-corrected chi connectivity index (χ4v) is 2.15. The van der Waals surface area contributed by atoms with Gasteiger partial charge in [-0.2, -0.15) is 0 Å². The third-order valence-corrected chi connectivity index (χ3v) is 3.33. The minimum absolute atomic E-state index is 0.0530. The highest BCUT2D eigenvalue weighted by atomic mass is 35.5. The van der Waals surface area contributed by atoms with Crippen LogP contribution in [0.4, 0.5) is 0 Å². The van der Waals surface area contributed by atoms with E-state index in [2.05, 4.69) is 12.2 Å². The largest absolute Gasteiger partial charge is 0.484 e. The molecule has 1 aromatic carbocycles. The summed E-state index contributed by atoms with van der Waals surface area (Å²) in [7, 11) is 0. The second-order valence-corrected chi connectivity index (χ2v) is 5.40. The zero-order chi connectivity index (χ0) is 14.8. The Kier molecular flexibility index (Phi) is 8.12. The molecule has 0 saturated heterocycles. The lowest BCUT2D eigenvalue weighted by atomic mass is 10.1. The van der Waals surface area contributed by atoms with Crippen molar-refractivity contribution in [1.29, 1.82) is 0 Å². The van der Waals surface area contributed by atoms with Crippen LogP contribution in [0.5, 0.6) is 5.75 Å². The Morgan fingerprint density at radius 2 is 2.00 bits per heavy atom. The monoisotopic (exact) mass is 297 g/mol. The highest BCUT2D eigenvalue weighted by Gasteiger charge is 2.04. The number of aryl methyl sites for hydroxylation is 1. The maximum atomic E-state index is 11.6. The Bertz CT molecular complexity index is 421.